The van der Waals surface area contributed by atoms with Crippen LogP contribution < -0.4 is 4.90 Å². The maximum atomic E-state index is 6.20. The summed E-state index contributed by atoms with van der Waals surface area (Å²) in [7, 11) is 0. The molecule has 0 radical (unpaired) electrons. The van der Waals surface area contributed by atoms with Crippen molar-refractivity contribution in [1.82, 2.24) is 4.98 Å². The van der Waals surface area contributed by atoms with Crippen LogP contribution in [0.15, 0.2) is 174 Å². The van der Waals surface area contributed by atoms with Crippen molar-refractivity contribution in [3.63, 3.8) is 0 Å². The molecule has 0 aliphatic heterocycles. The highest BCUT2D eigenvalue weighted by molar-refractivity contribution is 5.93. The molecule has 3 heteroatoms. The van der Waals surface area contributed by atoms with Crippen molar-refractivity contribution < 1.29 is 4.42 Å². The van der Waals surface area contributed by atoms with Crippen molar-refractivity contribution in [3.05, 3.63) is 181 Å². The van der Waals surface area contributed by atoms with E-state index in [1.807, 2.05) is 42.5 Å². The fraction of sp³-hybridized carbons (Fsp3) is 0.0652. The Hall–Kier alpha value is -6.19. The van der Waals surface area contributed by atoms with Crippen molar-refractivity contribution >= 4 is 28.2 Å². The molecule has 0 saturated carbocycles. The standard InChI is InChI=1S/C46H34N2O/c1-46(2)41-21-10-9-19-39(41)40-28-27-37(30-42(40)46)48(36-18-11-17-34(29-36)31-13-5-3-6-14-31)35-25-23-32(24-26-35)38-20-12-22-43-44(38)47-45(49-43)33-15-7-4-8-16-33/h3-30H,1-2H3. The number of oxazole rings is 1. The smallest absolute Gasteiger partial charge is 0.227 e. The Labute approximate surface area is 286 Å². The van der Waals surface area contributed by atoms with Gasteiger partial charge in [-0.1, -0.05) is 129 Å². The predicted molar refractivity (Wildman–Crippen MR) is 203 cm³/mol. The summed E-state index contributed by atoms with van der Waals surface area (Å²) in [6, 6.07) is 60.2. The van der Waals surface area contributed by atoms with Crippen LogP contribution in [0.25, 0.3) is 55.9 Å². The van der Waals surface area contributed by atoms with Gasteiger partial charge in [0.15, 0.2) is 5.58 Å². The minimum atomic E-state index is -0.0990. The lowest BCUT2D eigenvalue weighted by Gasteiger charge is -2.28. The first-order valence-corrected chi connectivity index (χ1v) is 16.8. The molecule has 0 amide bonds. The third kappa shape index (κ3) is 4.94. The molecule has 1 aromatic heterocycles. The number of rotatable bonds is 6. The summed E-state index contributed by atoms with van der Waals surface area (Å²) < 4.78 is 6.20. The van der Waals surface area contributed by atoms with E-state index in [1.165, 1.54) is 33.4 Å². The van der Waals surface area contributed by atoms with Gasteiger partial charge in [0.25, 0.3) is 0 Å². The normalized spacial score (nSPS) is 12.9. The van der Waals surface area contributed by atoms with Gasteiger partial charge in [0, 0.05) is 33.6 Å². The van der Waals surface area contributed by atoms with Gasteiger partial charge in [-0.2, -0.15) is 0 Å². The summed E-state index contributed by atoms with van der Waals surface area (Å²) in [5, 5.41) is 0. The van der Waals surface area contributed by atoms with E-state index in [0.29, 0.717) is 5.89 Å². The molecule has 0 atom stereocenters. The third-order valence-electron chi connectivity index (χ3n) is 9.91. The van der Waals surface area contributed by atoms with Crippen molar-refractivity contribution in [2.45, 2.75) is 19.3 Å². The minimum absolute atomic E-state index is 0.0990. The van der Waals surface area contributed by atoms with Crippen LogP contribution in [0, 0.1) is 0 Å². The zero-order chi connectivity index (χ0) is 33.0. The SMILES string of the molecule is CC1(C)c2ccccc2-c2ccc(N(c3ccc(-c4cccc5oc(-c6ccccc6)nc45)cc3)c3cccc(-c4ccccc4)c3)cc21. The number of anilines is 3. The molecule has 8 aromatic rings. The van der Waals surface area contributed by atoms with Crippen LogP contribution in [0.2, 0.25) is 0 Å². The molecular weight excluding hydrogens is 597 g/mol. The topological polar surface area (TPSA) is 29.3 Å². The molecule has 9 rings (SSSR count). The molecular formula is C46H34N2O. The Bertz CT molecular complexity index is 2460. The van der Waals surface area contributed by atoms with Crippen LogP contribution >= 0.6 is 0 Å². The quantitative estimate of drug-likeness (QED) is 0.183. The molecule has 0 saturated heterocycles. The van der Waals surface area contributed by atoms with E-state index in [9.17, 15) is 0 Å². The average molecular weight is 631 g/mol. The van der Waals surface area contributed by atoms with Crippen molar-refractivity contribution in [2.24, 2.45) is 0 Å². The van der Waals surface area contributed by atoms with E-state index >= 15 is 0 Å². The Balaban J connectivity index is 1.16. The van der Waals surface area contributed by atoms with Gasteiger partial charge in [-0.25, -0.2) is 4.98 Å². The second-order valence-electron chi connectivity index (χ2n) is 13.2. The maximum Gasteiger partial charge on any atom is 0.227 e. The Morgan fingerprint density at radius 3 is 1.86 bits per heavy atom. The van der Waals surface area contributed by atoms with Crippen LogP contribution in [0.5, 0.6) is 0 Å². The van der Waals surface area contributed by atoms with Gasteiger partial charge in [0.1, 0.15) is 5.52 Å². The fourth-order valence-electron chi connectivity index (χ4n) is 7.41. The van der Waals surface area contributed by atoms with E-state index in [1.54, 1.807) is 0 Å². The van der Waals surface area contributed by atoms with Gasteiger partial charge in [-0.05, 0) is 93.5 Å². The molecule has 0 N–H and O–H groups in total. The Morgan fingerprint density at radius 1 is 0.449 bits per heavy atom. The van der Waals surface area contributed by atoms with Gasteiger partial charge in [-0.3, -0.25) is 0 Å². The monoisotopic (exact) mass is 630 g/mol. The number of benzene rings is 7. The van der Waals surface area contributed by atoms with Crippen LogP contribution in [0.1, 0.15) is 25.0 Å². The summed E-state index contributed by atoms with van der Waals surface area (Å²) >= 11 is 0. The lowest BCUT2D eigenvalue weighted by molar-refractivity contribution is 0.620. The van der Waals surface area contributed by atoms with Crippen LogP contribution in [0.4, 0.5) is 17.1 Å². The fourth-order valence-corrected chi connectivity index (χ4v) is 7.41. The Kier molecular flexibility index (Phi) is 6.80. The van der Waals surface area contributed by atoms with E-state index in [2.05, 4.69) is 146 Å². The van der Waals surface area contributed by atoms with Crippen molar-refractivity contribution in [1.29, 1.82) is 0 Å². The molecule has 0 spiro atoms. The van der Waals surface area contributed by atoms with E-state index in [4.69, 9.17) is 9.40 Å². The second kappa shape index (κ2) is 11.5. The molecule has 0 fully saturated rings. The first-order valence-electron chi connectivity index (χ1n) is 16.8. The molecule has 7 aromatic carbocycles. The molecule has 1 aliphatic carbocycles. The highest BCUT2D eigenvalue weighted by atomic mass is 16.3. The molecule has 0 bridgehead atoms. The summed E-state index contributed by atoms with van der Waals surface area (Å²) in [6.45, 7) is 4.68. The lowest BCUT2D eigenvalue weighted by Crippen LogP contribution is -2.16. The average Bonchev–Trinajstić information content (AvgIpc) is 3.70. The maximum absolute atomic E-state index is 6.20. The second-order valence-corrected chi connectivity index (χ2v) is 13.2. The van der Waals surface area contributed by atoms with Crippen LogP contribution in [0.3, 0.4) is 0 Å². The van der Waals surface area contributed by atoms with Crippen LogP contribution in [-0.2, 0) is 5.41 Å². The molecule has 49 heavy (non-hydrogen) atoms. The number of aromatic nitrogens is 1. The minimum Gasteiger partial charge on any atom is -0.436 e. The molecule has 1 aliphatic rings. The third-order valence-corrected chi connectivity index (χ3v) is 9.91. The Morgan fingerprint density at radius 2 is 1.06 bits per heavy atom. The van der Waals surface area contributed by atoms with Gasteiger partial charge < -0.3 is 9.32 Å². The lowest BCUT2D eigenvalue weighted by atomic mass is 9.82. The zero-order valence-electron chi connectivity index (χ0n) is 27.5. The number of nitrogens with zero attached hydrogens (tertiary/aromatic N) is 2. The van der Waals surface area contributed by atoms with Crippen molar-refractivity contribution in [2.75, 3.05) is 4.90 Å². The summed E-state index contributed by atoms with van der Waals surface area (Å²) in [5.41, 5.74) is 15.7. The number of fused-ring (bicyclic) bond motifs is 4. The molecule has 234 valence electrons. The van der Waals surface area contributed by atoms with Crippen molar-refractivity contribution in [3.8, 4) is 44.8 Å². The summed E-state index contributed by atoms with van der Waals surface area (Å²) in [4.78, 5) is 7.31. The van der Waals surface area contributed by atoms with Gasteiger partial charge in [0.2, 0.25) is 5.89 Å². The largest absolute Gasteiger partial charge is 0.436 e. The molecule has 1 heterocycles. The first kappa shape index (κ1) is 29.0. The molecule has 3 nitrogen and oxygen atoms in total. The first-order chi connectivity index (χ1) is 24.0. The number of para-hydroxylation sites is 1. The van der Waals surface area contributed by atoms with Crippen LogP contribution in [-0.4, -0.2) is 4.98 Å². The van der Waals surface area contributed by atoms with Gasteiger partial charge in [-0.15, -0.1) is 0 Å². The van der Waals surface area contributed by atoms with E-state index in [-0.39, 0.29) is 5.41 Å². The number of hydrogen-bond donors (Lipinski definition) is 0. The van der Waals surface area contributed by atoms with Gasteiger partial charge in [0.05, 0.1) is 0 Å². The van der Waals surface area contributed by atoms with E-state index in [0.717, 1.165) is 44.9 Å². The highest BCUT2D eigenvalue weighted by Gasteiger charge is 2.35. The summed E-state index contributed by atoms with van der Waals surface area (Å²) in [6.07, 6.45) is 0. The summed E-state index contributed by atoms with van der Waals surface area (Å²) in [5.74, 6) is 0.630. The molecule has 0 unspecified atom stereocenters. The zero-order valence-corrected chi connectivity index (χ0v) is 27.5. The highest BCUT2D eigenvalue weighted by Crippen LogP contribution is 2.50. The predicted octanol–water partition coefficient (Wildman–Crippen LogP) is 12.6. The van der Waals surface area contributed by atoms with E-state index < -0.39 is 0 Å². The van der Waals surface area contributed by atoms with Gasteiger partial charge >= 0.3 is 0 Å². The number of hydrogen-bond acceptors (Lipinski definition) is 3.